The predicted octanol–water partition coefficient (Wildman–Crippen LogP) is 1.46. The Morgan fingerprint density at radius 3 is 2.73 bits per heavy atom. The summed E-state index contributed by atoms with van der Waals surface area (Å²) < 4.78 is 0. The standard InChI is InChI=1S/C11H18N2O2/c1-3-6-13-10(14)9-8(2)5-4-7-12(9)11(13)15/h8-9H,3-7H2,1-2H3. The highest BCUT2D eigenvalue weighted by Gasteiger charge is 2.48. The van der Waals surface area contributed by atoms with E-state index in [0.717, 1.165) is 25.8 Å². The molecule has 0 spiro atoms. The van der Waals surface area contributed by atoms with Crippen molar-refractivity contribution in [2.75, 3.05) is 13.1 Å². The van der Waals surface area contributed by atoms with Crippen molar-refractivity contribution in [3.8, 4) is 0 Å². The molecule has 2 unspecified atom stereocenters. The Hall–Kier alpha value is -1.06. The molecule has 2 heterocycles. The third kappa shape index (κ3) is 1.52. The average molecular weight is 210 g/mol. The maximum atomic E-state index is 12.0. The molecular formula is C11H18N2O2. The molecule has 0 aromatic carbocycles. The quantitative estimate of drug-likeness (QED) is 0.647. The maximum absolute atomic E-state index is 12.0. The van der Waals surface area contributed by atoms with E-state index < -0.39 is 0 Å². The number of carbonyl (C=O) groups is 2. The SMILES string of the molecule is CCCN1C(=O)C2C(C)CCCN2C1=O. The summed E-state index contributed by atoms with van der Waals surface area (Å²) in [5.74, 6) is 0.339. The second kappa shape index (κ2) is 3.83. The fourth-order valence-electron chi connectivity index (χ4n) is 2.62. The molecule has 3 amide bonds. The summed E-state index contributed by atoms with van der Waals surface area (Å²) in [5.41, 5.74) is 0. The lowest BCUT2D eigenvalue weighted by Gasteiger charge is -2.31. The van der Waals surface area contributed by atoms with Crippen LogP contribution in [0.3, 0.4) is 0 Å². The number of urea groups is 1. The summed E-state index contributed by atoms with van der Waals surface area (Å²) in [7, 11) is 0. The van der Waals surface area contributed by atoms with Gasteiger partial charge in [-0.3, -0.25) is 9.69 Å². The highest BCUT2D eigenvalue weighted by atomic mass is 16.2. The zero-order chi connectivity index (χ0) is 11.0. The van der Waals surface area contributed by atoms with E-state index in [1.165, 1.54) is 4.90 Å². The van der Waals surface area contributed by atoms with E-state index in [2.05, 4.69) is 6.92 Å². The Kier molecular flexibility index (Phi) is 2.67. The van der Waals surface area contributed by atoms with Crippen molar-refractivity contribution in [2.24, 2.45) is 5.92 Å². The molecule has 0 N–H and O–H groups in total. The molecule has 4 nitrogen and oxygen atoms in total. The third-order valence-electron chi connectivity index (χ3n) is 3.38. The Bertz CT molecular complexity index is 290. The van der Waals surface area contributed by atoms with E-state index in [-0.39, 0.29) is 18.0 Å². The van der Waals surface area contributed by atoms with Gasteiger partial charge in [-0.2, -0.15) is 0 Å². The monoisotopic (exact) mass is 210 g/mol. The predicted molar refractivity (Wildman–Crippen MR) is 56.3 cm³/mol. The average Bonchev–Trinajstić information content (AvgIpc) is 2.45. The van der Waals surface area contributed by atoms with Crippen LogP contribution in [0.1, 0.15) is 33.1 Å². The first kappa shape index (κ1) is 10.5. The lowest BCUT2D eigenvalue weighted by molar-refractivity contribution is -0.130. The molecule has 2 fully saturated rings. The van der Waals surface area contributed by atoms with Gasteiger partial charge in [0.1, 0.15) is 6.04 Å². The molecule has 0 bridgehead atoms. The maximum Gasteiger partial charge on any atom is 0.327 e. The Morgan fingerprint density at radius 2 is 2.13 bits per heavy atom. The molecule has 0 saturated carbocycles. The second-order valence-electron chi connectivity index (χ2n) is 4.53. The van der Waals surface area contributed by atoms with Crippen molar-refractivity contribution in [1.82, 2.24) is 9.80 Å². The molecule has 0 aromatic heterocycles. The Morgan fingerprint density at radius 1 is 1.40 bits per heavy atom. The Balaban J connectivity index is 2.21. The first-order valence-corrected chi connectivity index (χ1v) is 5.78. The van der Waals surface area contributed by atoms with Crippen LogP contribution in [0.15, 0.2) is 0 Å². The number of hydrogen-bond acceptors (Lipinski definition) is 2. The van der Waals surface area contributed by atoms with Gasteiger partial charge in [0.05, 0.1) is 0 Å². The fraction of sp³-hybridized carbons (Fsp3) is 0.818. The van der Waals surface area contributed by atoms with Crippen LogP contribution in [0.2, 0.25) is 0 Å². The van der Waals surface area contributed by atoms with Crippen LogP contribution in [0.25, 0.3) is 0 Å². The van der Waals surface area contributed by atoms with Gasteiger partial charge in [-0.05, 0) is 25.2 Å². The van der Waals surface area contributed by atoms with Gasteiger partial charge in [0.2, 0.25) is 0 Å². The molecule has 2 saturated heterocycles. The molecule has 2 aliphatic rings. The topological polar surface area (TPSA) is 40.6 Å². The third-order valence-corrected chi connectivity index (χ3v) is 3.38. The van der Waals surface area contributed by atoms with Gasteiger partial charge in [0, 0.05) is 13.1 Å². The van der Waals surface area contributed by atoms with Crippen LogP contribution in [0.4, 0.5) is 4.79 Å². The first-order valence-electron chi connectivity index (χ1n) is 5.78. The zero-order valence-electron chi connectivity index (χ0n) is 9.40. The number of imide groups is 1. The van der Waals surface area contributed by atoms with Crippen LogP contribution in [0.5, 0.6) is 0 Å². The van der Waals surface area contributed by atoms with Gasteiger partial charge < -0.3 is 4.90 Å². The minimum absolute atomic E-state index is 0.0223. The molecular weight excluding hydrogens is 192 g/mol. The summed E-state index contributed by atoms with van der Waals surface area (Å²) >= 11 is 0. The van der Waals surface area contributed by atoms with Gasteiger partial charge in [-0.1, -0.05) is 13.8 Å². The number of hydrogen-bond donors (Lipinski definition) is 0. The van der Waals surface area contributed by atoms with Gasteiger partial charge in [-0.15, -0.1) is 0 Å². The lowest BCUT2D eigenvalue weighted by Crippen LogP contribution is -2.44. The summed E-state index contributed by atoms with van der Waals surface area (Å²) in [6.45, 7) is 5.37. The molecule has 2 aliphatic heterocycles. The Labute approximate surface area is 90.2 Å². The van der Waals surface area contributed by atoms with Crippen LogP contribution < -0.4 is 0 Å². The summed E-state index contributed by atoms with van der Waals surface area (Å²) in [4.78, 5) is 27.1. The van der Waals surface area contributed by atoms with E-state index in [1.54, 1.807) is 4.90 Å². The van der Waals surface area contributed by atoms with Gasteiger partial charge in [0.25, 0.3) is 5.91 Å². The van der Waals surface area contributed by atoms with Gasteiger partial charge in [0.15, 0.2) is 0 Å². The summed E-state index contributed by atoms with van der Waals surface area (Å²) in [5, 5.41) is 0. The normalized spacial score (nSPS) is 31.1. The molecule has 84 valence electrons. The zero-order valence-corrected chi connectivity index (χ0v) is 9.40. The van der Waals surface area contributed by atoms with Crippen molar-refractivity contribution < 1.29 is 9.59 Å². The van der Waals surface area contributed by atoms with Crippen LogP contribution in [0, 0.1) is 5.92 Å². The van der Waals surface area contributed by atoms with Gasteiger partial charge in [-0.25, -0.2) is 4.79 Å². The van der Waals surface area contributed by atoms with E-state index in [4.69, 9.17) is 0 Å². The number of fused-ring (bicyclic) bond motifs is 1. The minimum Gasteiger partial charge on any atom is -0.312 e. The number of piperidine rings is 1. The van der Waals surface area contributed by atoms with E-state index in [0.29, 0.717) is 12.5 Å². The first-order chi connectivity index (χ1) is 7.16. The van der Waals surface area contributed by atoms with E-state index in [9.17, 15) is 9.59 Å². The van der Waals surface area contributed by atoms with Crippen LogP contribution in [-0.2, 0) is 4.79 Å². The highest BCUT2D eigenvalue weighted by molar-refractivity contribution is 6.04. The summed E-state index contributed by atoms with van der Waals surface area (Å²) in [6, 6.07) is -0.240. The van der Waals surface area contributed by atoms with Crippen molar-refractivity contribution >= 4 is 11.9 Å². The number of carbonyl (C=O) groups excluding carboxylic acids is 2. The molecule has 15 heavy (non-hydrogen) atoms. The van der Waals surface area contributed by atoms with Crippen molar-refractivity contribution in [3.63, 3.8) is 0 Å². The fourth-order valence-corrected chi connectivity index (χ4v) is 2.62. The van der Waals surface area contributed by atoms with Crippen molar-refractivity contribution in [2.45, 2.75) is 39.2 Å². The van der Waals surface area contributed by atoms with Crippen LogP contribution in [-0.4, -0.2) is 40.9 Å². The number of amides is 3. The van der Waals surface area contributed by atoms with Crippen molar-refractivity contribution in [1.29, 1.82) is 0 Å². The molecule has 2 atom stereocenters. The van der Waals surface area contributed by atoms with E-state index >= 15 is 0 Å². The van der Waals surface area contributed by atoms with Crippen molar-refractivity contribution in [3.05, 3.63) is 0 Å². The largest absolute Gasteiger partial charge is 0.327 e. The minimum atomic E-state index is -0.169. The summed E-state index contributed by atoms with van der Waals surface area (Å²) in [6.07, 6.45) is 2.92. The highest BCUT2D eigenvalue weighted by Crippen LogP contribution is 2.30. The molecule has 0 aliphatic carbocycles. The molecule has 4 heteroatoms. The molecule has 0 radical (unpaired) electrons. The number of rotatable bonds is 2. The van der Waals surface area contributed by atoms with E-state index in [1.807, 2.05) is 6.92 Å². The smallest absolute Gasteiger partial charge is 0.312 e. The lowest BCUT2D eigenvalue weighted by atomic mass is 9.91. The molecule has 2 rings (SSSR count). The molecule has 0 aromatic rings. The number of nitrogens with zero attached hydrogens (tertiary/aromatic N) is 2. The second-order valence-corrected chi connectivity index (χ2v) is 4.53. The van der Waals surface area contributed by atoms with Gasteiger partial charge >= 0.3 is 6.03 Å². The van der Waals surface area contributed by atoms with Crippen LogP contribution >= 0.6 is 0 Å².